The Kier molecular flexibility index (Phi) is 5.19. The number of anilines is 2. The van der Waals surface area contributed by atoms with Crippen molar-refractivity contribution < 1.29 is 14.3 Å². The van der Waals surface area contributed by atoms with E-state index in [1.54, 1.807) is 0 Å². The fourth-order valence-corrected chi connectivity index (χ4v) is 3.71. The van der Waals surface area contributed by atoms with Crippen molar-refractivity contribution in [2.24, 2.45) is 0 Å². The number of hydrogen-bond acceptors (Lipinski definition) is 4. The van der Waals surface area contributed by atoms with E-state index in [2.05, 4.69) is 29.3 Å². The molecule has 0 radical (unpaired) electrons. The first-order valence-electron chi connectivity index (χ1n) is 9.73. The highest BCUT2D eigenvalue weighted by molar-refractivity contribution is 5.91. The predicted octanol–water partition coefficient (Wildman–Crippen LogP) is 4.19. The molecule has 2 aromatic rings. The number of fused-ring (bicyclic) bond motifs is 1. The molecule has 1 fully saturated rings. The van der Waals surface area contributed by atoms with Crippen LogP contribution in [0.4, 0.5) is 11.4 Å². The highest BCUT2D eigenvalue weighted by Crippen LogP contribution is 2.34. The molecule has 1 N–H and O–H groups in total. The normalized spacial score (nSPS) is 16.9. The lowest BCUT2D eigenvalue weighted by Crippen LogP contribution is -2.18. The van der Waals surface area contributed by atoms with Crippen molar-refractivity contribution in [3.8, 4) is 11.5 Å². The van der Waals surface area contributed by atoms with Crippen LogP contribution in [0.2, 0.25) is 0 Å². The van der Waals surface area contributed by atoms with Crippen LogP contribution < -0.4 is 19.7 Å². The Balaban J connectivity index is 1.34. The Morgan fingerprint density at radius 1 is 1.04 bits per heavy atom. The standard InChI is InChI=1S/C22H26N2O3/c1-16(17-4-9-20-21(15-17)27-13-12-26-20)14-22(25)23-18-5-7-19(8-6-18)24-10-2-3-11-24/h4-9,15-16H,2-3,10-14H2,1H3,(H,23,25). The maximum Gasteiger partial charge on any atom is 0.224 e. The van der Waals surface area contributed by atoms with Crippen LogP contribution in [-0.2, 0) is 4.79 Å². The van der Waals surface area contributed by atoms with E-state index in [4.69, 9.17) is 9.47 Å². The number of nitrogens with zero attached hydrogens (tertiary/aromatic N) is 1. The maximum atomic E-state index is 12.4. The summed E-state index contributed by atoms with van der Waals surface area (Å²) in [6, 6.07) is 14.1. The van der Waals surface area contributed by atoms with Crippen LogP contribution >= 0.6 is 0 Å². The number of benzene rings is 2. The van der Waals surface area contributed by atoms with E-state index in [-0.39, 0.29) is 11.8 Å². The fraction of sp³-hybridized carbons (Fsp3) is 0.409. The van der Waals surface area contributed by atoms with Crippen LogP contribution in [0.25, 0.3) is 0 Å². The smallest absolute Gasteiger partial charge is 0.224 e. The average Bonchev–Trinajstić information content (AvgIpc) is 3.23. The third-order valence-electron chi connectivity index (χ3n) is 5.25. The predicted molar refractivity (Wildman–Crippen MR) is 107 cm³/mol. The molecule has 1 amide bonds. The molecule has 5 heteroatoms. The molecule has 0 bridgehead atoms. The summed E-state index contributed by atoms with van der Waals surface area (Å²) in [4.78, 5) is 14.8. The fourth-order valence-electron chi connectivity index (χ4n) is 3.71. The van der Waals surface area contributed by atoms with Gasteiger partial charge < -0.3 is 19.7 Å². The Morgan fingerprint density at radius 3 is 2.48 bits per heavy atom. The molecule has 4 rings (SSSR count). The van der Waals surface area contributed by atoms with Gasteiger partial charge in [-0.1, -0.05) is 13.0 Å². The molecule has 1 saturated heterocycles. The molecule has 0 aliphatic carbocycles. The van der Waals surface area contributed by atoms with E-state index in [0.717, 1.165) is 35.8 Å². The SMILES string of the molecule is CC(CC(=O)Nc1ccc(N2CCCC2)cc1)c1ccc2c(c1)OCCO2. The first-order chi connectivity index (χ1) is 13.2. The third kappa shape index (κ3) is 4.18. The molecule has 2 aliphatic heterocycles. The second-order valence-electron chi connectivity index (χ2n) is 7.30. The van der Waals surface area contributed by atoms with Crippen LogP contribution in [0.15, 0.2) is 42.5 Å². The minimum absolute atomic E-state index is 0.0197. The number of nitrogens with one attached hydrogen (secondary N) is 1. The van der Waals surface area contributed by atoms with Gasteiger partial charge >= 0.3 is 0 Å². The third-order valence-corrected chi connectivity index (χ3v) is 5.25. The Bertz CT molecular complexity index is 798. The summed E-state index contributed by atoms with van der Waals surface area (Å²) >= 11 is 0. The monoisotopic (exact) mass is 366 g/mol. The topological polar surface area (TPSA) is 50.8 Å². The van der Waals surface area contributed by atoms with Gasteiger partial charge in [0.1, 0.15) is 13.2 Å². The second kappa shape index (κ2) is 7.91. The first kappa shape index (κ1) is 17.7. The Hall–Kier alpha value is -2.69. The number of rotatable bonds is 5. The molecule has 2 aliphatic rings. The van der Waals surface area contributed by atoms with E-state index in [9.17, 15) is 4.79 Å². The summed E-state index contributed by atoms with van der Waals surface area (Å²) < 4.78 is 11.2. The van der Waals surface area contributed by atoms with Gasteiger partial charge in [-0.05, 0) is 60.7 Å². The van der Waals surface area contributed by atoms with Crippen molar-refractivity contribution in [2.45, 2.75) is 32.1 Å². The molecule has 27 heavy (non-hydrogen) atoms. The van der Waals surface area contributed by atoms with Crippen LogP contribution in [0.1, 0.15) is 37.7 Å². The number of ether oxygens (including phenoxy) is 2. The molecule has 2 heterocycles. The highest BCUT2D eigenvalue weighted by Gasteiger charge is 2.17. The van der Waals surface area contributed by atoms with Gasteiger partial charge in [0.25, 0.3) is 0 Å². The summed E-state index contributed by atoms with van der Waals surface area (Å²) in [5, 5.41) is 3.01. The molecule has 1 unspecified atom stereocenters. The minimum atomic E-state index is 0.0197. The Morgan fingerprint density at radius 2 is 1.74 bits per heavy atom. The lowest BCUT2D eigenvalue weighted by Gasteiger charge is -2.20. The minimum Gasteiger partial charge on any atom is -0.486 e. The van der Waals surface area contributed by atoms with Gasteiger partial charge in [-0.2, -0.15) is 0 Å². The lowest BCUT2D eigenvalue weighted by molar-refractivity contribution is -0.116. The maximum absolute atomic E-state index is 12.4. The summed E-state index contributed by atoms with van der Waals surface area (Å²) in [6.07, 6.45) is 2.94. The van der Waals surface area contributed by atoms with Crippen molar-refractivity contribution in [1.82, 2.24) is 0 Å². The zero-order chi connectivity index (χ0) is 18.6. The molecule has 0 aromatic heterocycles. The first-order valence-corrected chi connectivity index (χ1v) is 9.73. The highest BCUT2D eigenvalue weighted by atomic mass is 16.6. The number of carbonyl (C=O) groups excluding carboxylic acids is 1. The van der Waals surface area contributed by atoms with Crippen molar-refractivity contribution in [2.75, 3.05) is 36.5 Å². The zero-order valence-corrected chi connectivity index (χ0v) is 15.7. The summed E-state index contributed by atoms with van der Waals surface area (Å²) in [5.41, 5.74) is 3.16. The quantitative estimate of drug-likeness (QED) is 0.862. The van der Waals surface area contributed by atoms with Crippen LogP contribution in [0.5, 0.6) is 11.5 Å². The molecule has 5 nitrogen and oxygen atoms in total. The zero-order valence-electron chi connectivity index (χ0n) is 15.7. The molecule has 2 aromatic carbocycles. The molecule has 0 saturated carbocycles. The van der Waals surface area contributed by atoms with Crippen molar-refractivity contribution in [1.29, 1.82) is 0 Å². The molecular weight excluding hydrogens is 340 g/mol. The second-order valence-corrected chi connectivity index (χ2v) is 7.30. The summed E-state index contributed by atoms with van der Waals surface area (Å²) in [7, 11) is 0. The van der Waals surface area contributed by atoms with Gasteiger partial charge in [0, 0.05) is 30.9 Å². The van der Waals surface area contributed by atoms with Gasteiger partial charge in [-0.15, -0.1) is 0 Å². The van der Waals surface area contributed by atoms with E-state index in [1.807, 2.05) is 30.3 Å². The largest absolute Gasteiger partial charge is 0.486 e. The van der Waals surface area contributed by atoms with E-state index in [1.165, 1.54) is 18.5 Å². The molecule has 1 atom stereocenters. The van der Waals surface area contributed by atoms with E-state index >= 15 is 0 Å². The summed E-state index contributed by atoms with van der Waals surface area (Å²) in [6.45, 7) is 5.46. The van der Waals surface area contributed by atoms with E-state index < -0.39 is 0 Å². The number of amides is 1. The van der Waals surface area contributed by atoms with E-state index in [0.29, 0.717) is 19.6 Å². The van der Waals surface area contributed by atoms with Crippen LogP contribution in [-0.4, -0.2) is 32.2 Å². The molecule has 142 valence electrons. The van der Waals surface area contributed by atoms with Gasteiger partial charge in [0.15, 0.2) is 11.5 Å². The van der Waals surface area contributed by atoms with Crippen LogP contribution in [0, 0.1) is 0 Å². The van der Waals surface area contributed by atoms with Crippen molar-refractivity contribution >= 4 is 17.3 Å². The summed E-state index contributed by atoms with van der Waals surface area (Å²) in [5.74, 6) is 1.67. The molecule has 0 spiro atoms. The number of hydrogen-bond donors (Lipinski definition) is 1. The lowest BCUT2D eigenvalue weighted by atomic mass is 9.97. The molecular formula is C22H26N2O3. The van der Waals surface area contributed by atoms with Gasteiger partial charge in [-0.3, -0.25) is 4.79 Å². The Labute approximate surface area is 160 Å². The van der Waals surface area contributed by atoms with Gasteiger partial charge in [-0.25, -0.2) is 0 Å². The van der Waals surface area contributed by atoms with Crippen molar-refractivity contribution in [3.05, 3.63) is 48.0 Å². The van der Waals surface area contributed by atoms with Crippen LogP contribution in [0.3, 0.4) is 0 Å². The average molecular weight is 366 g/mol. The van der Waals surface area contributed by atoms with Crippen molar-refractivity contribution in [3.63, 3.8) is 0 Å². The van der Waals surface area contributed by atoms with Gasteiger partial charge in [0.05, 0.1) is 0 Å². The van der Waals surface area contributed by atoms with Gasteiger partial charge in [0.2, 0.25) is 5.91 Å². The number of carbonyl (C=O) groups is 1.